The molecule has 0 aliphatic heterocycles. The number of hydrogen-bond donors (Lipinski definition) is 1. The maximum Gasteiger partial charge on any atom is 0.406 e. The van der Waals surface area contributed by atoms with E-state index in [1.807, 2.05) is 6.92 Å². The second-order valence-corrected chi connectivity index (χ2v) is 4.56. The van der Waals surface area contributed by atoms with Crippen molar-refractivity contribution in [3.05, 3.63) is 28.4 Å². The predicted octanol–water partition coefficient (Wildman–Crippen LogP) is 2.00. The summed E-state index contributed by atoms with van der Waals surface area (Å²) in [5, 5.41) is 14.0. The van der Waals surface area contributed by atoms with Crippen molar-refractivity contribution < 1.29 is 9.66 Å². The van der Waals surface area contributed by atoms with Crippen molar-refractivity contribution in [1.29, 1.82) is 0 Å². The lowest BCUT2D eigenvalue weighted by molar-refractivity contribution is -0.390. The first-order chi connectivity index (χ1) is 8.50. The van der Waals surface area contributed by atoms with E-state index in [1.54, 1.807) is 12.1 Å². The molecular weight excluding hydrogens is 234 g/mol. The van der Waals surface area contributed by atoms with E-state index in [4.69, 9.17) is 4.74 Å². The minimum atomic E-state index is -0.535. The summed E-state index contributed by atoms with van der Waals surface area (Å²) < 4.78 is 5.45. The van der Waals surface area contributed by atoms with Gasteiger partial charge in [0.1, 0.15) is 6.20 Å². The molecule has 0 aliphatic rings. The maximum absolute atomic E-state index is 10.7. The summed E-state index contributed by atoms with van der Waals surface area (Å²) in [6, 6.07) is 3.60. The van der Waals surface area contributed by atoms with Crippen LogP contribution in [0.3, 0.4) is 0 Å². The van der Waals surface area contributed by atoms with E-state index in [0.29, 0.717) is 12.6 Å². The first-order valence-corrected chi connectivity index (χ1v) is 5.96. The molecular formula is C12H19N3O3. The zero-order valence-corrected chi connectivity index (χ0v) is 10.9. The quantitative estimate of drug-likeness (QED) is 0.594. The van der Waals surface area contributed by atoms with E-state index >= 15 is 0 Å². The second kappa shape index (κ2) is 6.90. The van der Waals surface area contributed by atoms with Crippen LogP contribution in [0.15, 0.2) is 18.3 Å². The lowest BCUT2D eigenvalue weighted by Gasteiger charge is -2.15. The van der Waals surface area contributed by atoms with Crippen LogP contribution in [0.4, 0.5) is 5.82 Å². The predicted molar refractivity (Wildman–Crippen MR) is 68.7 cm³/mol. The lowest BCUT2D eigenvalue weighted by atomic mass is 10.2. The number of rotatable bonds is 7. The van der Waals surface area contributed by atoms with Gasteiger partial charge in [-0.1, -0.05) is 20.8 Å². The zero-order valence-electron chi connectivity index (χ0n) is 10.9. The van der Waals surface area contributed by atoms with Crippen LogP contribution in [0.1, 0.15) is 20.8 Å². The minimum Gasteiger partial charge on any atom is -0.485 e. The highest BCUT2D eigenvalue weighted by molar-refractivity contribution is 5.38. The molecule has 0 saturated heterocycles. The van der Waals surface area contributed by atoms with Gasteiger partial charge < -0.3 is 20.2 Å². The van der Waals surface area contributed by atoms with Crippen molar-refractivity contribution in [1.82, 2.24) is 10.3 Å². The molecule has 0 spiro atoms. The Kier molecular flexibility index (Phi) is 5.51. The molecule has 6 nitrogen and oxygen atoms in total. The van der Waals surface area contributed by atoms with Gasteiger partial charge in [0.15, 0.2) is 0 Å². The summed E-state index contributed by atoms with van der Waals surface area (Å²) in [6.45, 7) is 7.40. The third kappa shape index (κ3) is 4.67. The molecule has 0 aliphatic carbocycles. The first-order valence-electron chi connectivity index (χ1n) is 5.96. The normalized spacial score (nSPS) is 12.4. The topological polar surface area (TPSA) is 77.3 Å². The number of pyridine rings is 1. The molecule has 1 N–H and O–H groups in total. The minimum absolute atomic E-state index is 0.221. The number of nitrogens with one attached hydrogen (secondary N) is 1. The van der Waals surface area contributed by atoms with Gasteiger partial charge in [-0.3, -0.25) is 0 Å². The van der Waals surface area contributed by atoms with E-state index < -0.39 is 4.92 Å². The van der Waals surface area contributed by atoms with Crippen LogP contribution in [-0.4, -0.2) is 29.1 Å². The van der Waals surface area contributed by atoms with Crippen molar-refractivity contribution in [2.24, 2.45) is 5.92 Å². The summed E-state index contributed by atoms with van der Waals surface area (Å²) in [7, 11) is 0. The number of ether oxygens (including phenoxy) is 1. The Hall–Kier alpha value is -1.69. The molecule has 1 aromatic rings. The maximum atomic E-state index is 10.7. The molecule has 6 heteroatoms. The van der Waals surface area contributed by atoms with E-state index in [1.165, 1.54) is 6.20 Å². The van der Waals surface area contributed by atoms with Crippen molar-refractivity contribution >= 4 is 5.82 Å². The largest absolute Gasteiger partial charge is 0.485 e. The molecule has 18 heavy (non-hydrogen) atoms. The number of nitro groups is 1. The van der Waals surface area contributed by atoms with Gasteiger partial charge in [-0.2, -0.15) is 0 Å². The van der Waals surface area contributed by atoms with Gasteiger partial charge >= 0.3 is 5.82 Å². The highest BCUT2D eigenvalue weighted by Crippen LogP contribution is 2.23. The summed E-state index contributed by atoms with van der Waals surface area (Å²) in [6.07, 6.45) is 1.38. The molecule has 0 bridgehead atoms. The molecule has 1 unspecified atom stereocenters. The third-order valence-electron chi connectivity index (χ3n) is 2.32. The number of nitrogens with zero attached hydrogens (tertiary/aromatic N) is 2. The molecule has 0 radical (unpaired) electrons. The highest BCUT2D eigenvalue weighted by atomic mass is 16.6. The van der Waals surface area contributed by atoms with Gasteiger partial charge in [-0.05, 0) is 22.0 Å². The van der Waals surface area contributed by atoms with Crippen molar-refractivity contribution in [2.45, 2.75) is 26.8 Å². The Morgan fingerprint density at radius 3 is 2.83 bits per heavy atom. The summed E-state index contributed by atoms with van der Waals surface area (Å²) in [5.41, 5.74) is 0. The van der Waals surface area contributed by atoms with Crippen LogP contribution >= 0.6 is 0 Å². The van der Waals surface area contributed by atoms with Crippen molar-refractivity contribution in [3.8, 4) is 5.75 Å². The standard InChI is InChI=1S/C12H19N3O3/c1-9(2)14-7-10(3)8-18-11-5-4-6-13-12(11)15(16)17/h4-6,9-10,14H,7-8H2,1-3H3. The van der Waals surface area contributed by atoms with Gasteiger partial charge in [0.2, 0.25) is 5.75 Å². The van der Waals surface area contributed by atoms with E-state index in [-0.39, 0.29) is 17.5 Å². The van der Waals surface area contributed by atoms with E-state index in [2.05, 4.69) is 24.1 Å². The van der Waals surface area contributed by atoms with Gasteiger partial charge in [0, 0.05) is 18.5 Å². The zero-order chi connectivity index (χ0) is 13.5. The molecule has 1 atom stereocenters. The van der Waals surface area contributed by atoms with E-state index in [0.717, 1.165) is 6.54 Å². The summed E-state index contributed by atoms with van der Waals surface area (Å²) >= 11 is 0. The molecule has 0 saturated carbocycles. The van der Waals surface area contributed by atoms with Crippen LogP contribution in [-0.2, 0) is 0 Å². The number of aromatic nitrogens is 1. The smallest absolute Gasteiger partial charge is 0.406 e. The molecule has 0 fully saturated rings. The van der Waals surface area contributed by atoms with Gasteiger partial charge in [-0.15, -0.1) is 0 Å². The Bertz CT molecular complexity index is 396. The van der Waals surface area contributed by atoms with Crippen molar-refractivity contribution in [3.63, 3.8) is 0 Å². The van der Waals surface area contributed by atoms with Crippen LogP contribution < -0.4 is 10.1 Å². The van der Waals surface area contributed by atoms with Crippen molar-refractivity contribution in [2.75, 3.05) is 13.2 Å². The Labute approximate surface area is 107 Å². The highest BCUT2D eigenvalue weighted by Gasteiger charge is 2.16. The van der Waals surface area contributed by atoms with Gasteiger partial charge in [-0.25, -0.2) is 0 Å². The molecule has 0 aromatic carbocycles. The molecule has 100 valence electrons. The average molecular weight is 253 g/mol. The molecule has 1 rings (SSSR count). The first kappa shape index (κ1) is 14.4. The Morgan fingerprint density at radius 2 is 2.22 bits per heavy atom. The molecule has 0 amide bonds. The van der Waals surface area contributed by atoms with Gasteiger partial charge in [0.25, 0.3) is 0 Å². The van der Waals surface area contributed by atoms with Crippen LogP contribution in [0.5, 0.6) is 5.75 Å². The molecule has 1 heterocycles. The molecule has 1 aromatic heterocycles. The number of hydrogen-bond acceptors (Lipinski definition) is 5. The van der Waals surface area contributed by atoms with E-state index in [9.17, 15) is 10.1 Å². The summed E-state index contributed by atoms with van der Waals surface area (Å²) in [4.78, 5) is 13.9. The van der Waals surface area contributed by atoms with Gasteiger partial charge in [0.05, 0.1) is 6.61 Å². The average Bonchev–Trinajstić information content (AvgIpc) is 2.34. The fraction of sp³-hybridized carbons (Fsp3) is 0.583. The third-order valence-corrected chi connectivity index (χ3v) is 2.32. The SMILES string of the molecule is CC(CNC(C)C)COc1cccnc1[N+](=O)[O-]. The second-order valence-electron chi connectivity index (χ2n) is 4.56. The Morgan fingerprint density at radius 1 is 1.50 bits per heavy atom. The summed E-state index contributed by atoms with van der Waals surface area (Å²) in [5.74, 6) is 0.257. The Balaban J connectivity index is 2.50. The van der Waals surface area contributed by atoms with Crippen LogP contribution in [0, 0.1) is 16.0 Å². The fourth-order valence-corrected chi connectivity index (χ4v) is 1.36. The van der Waals surface area contributed by atoms with Crippen LogP contribution in [0.25, 0.3) is 0 Å². The fourth-order valence-electron chi connectivity index (χ4n) is 1.36. The monoisotopic (exact) mass is 253 g/mol. The van der Waals surface area contributed by atoms with Crippen LogP contribution in [0.2, 0.25) is 0 Å². The lowest BCUT2D eigenvalue weighted by Crippen LogP contribution is -2.30.